The number of halogens is 1. The lowest BCUT2D eigenvalue weighted by Gasteiger charge is -2.31. The Morgan fingerprint density at radius 3 is 2.69 bits per heavy atom. The number of hydrogen-bond acceptors (Lipinski definition) is 5. The first-order valence-corrected chi connectivity index (χ1v) is 9.95. The first-order valence-electron chi connectivity index (χ1n) is 9.17. The Bertz CT molecular complexity index is 725. The Morgan fingerprint density at radius 1 is 1.35 bits per heavy atom. The fourth-order valence-electron chi connectivity index (χ4n) is 3.03. The van der Waals surface area contributed by atoms with Gasteiger partial charge in [-0.15, -0.1) is 0 Å². The predicted molar refractivity (Wildman–Crippen MR) is 102 cm³/mol. The summed E-state index contributed by atoms with van der Waals surface area (Å²) in [6, 6.07) is 6.67. The molecule has 1 N–H and O–H groups in total. The molecule has 1 atom stereocenters. The van der Waals surface area contributed by atoms with Gasteiger partial charge in [0.2, 0.25) is 11.0 Å². The van der Waals surface area contributed by atoms with Gasteiger partial charge in [-0.25, -0.2) is 9.37 Å². The second-order valence-corrected chi connectivity index (χ2v) is 7.61. The SMILES string of the molecule is CCC(C)NC(=O)C1CCN(c2nc(Cc3ccc(F)cc3)ns2)CC1. The molecule has 1 fully saturated rings. The van der Waals surface area contributed by atoms with Crippen LogP contribution < -0.4 is 10.2 Å². The number of amides is 1. The maximum atomic E-state index is 13.0. The van der Waals surface area contributed by atoms with E-state index in [9.17, 15) is 9.18 Å². The van der Waals surface area contributed by atoms with E-state index in [0.29, 0.717) is 6.42 Å². The Labute approximate surface area is 157 Å². The monoisotopic (exact) mass is 376 g/mol. The van der Waals surface area contributed by atoms with Gasteiger partial charge >= 0.3 is 0 Å². The molecule has 2 aromatic rings. The van der Waals surface area contributed by atoms with Crippen LogP contribution in [0.3, 0.4) is 0 Å². The number of aromatic nitrogens is 2. The number of nitrogens with one attached hydrogen (secondary N) is 1. The van der Waals surface area contributed by atoms with E-state index in [1.807, 2.05) is 6.92 Å². The molecule has 1 aliphatic rings. The van der Waals surface area contributed by atoms with Gasteiger partial charge in [0.25, 0.3) is 0 Å². The molecule has 2 heterocycles. The lowest BCUT2D eigenvalue weighted by Crippen LogP contribution is -2.43. The molecule has 1 unspecified atom stereocenters. The van der Waals surface area contributed by atoms with Gasteiger partial charge in [-0.1, -0.05) is 19.1 Å². The van der Waals surface area contributed by atoms with E-state index in [1.54, 1.807) is 12.1 Å². The van der Waals surface area contributed by atoms with Crippen LogP contribution in [0.25, 0.3) is 0 Å². The first kappa shape index (κ1) is 18.8. The van der Waals surface area contributed by atoms with Crippen LogP contribution in [0, 0.1) is 11.7 Å². The largest absolute Gasteiger partial charge is 0.353 e. The van der Waals surface area contributed by atoms with Gasteiger partial charge in [0, 0.05) is 43.0 Å². The van der Waals surface area contributed by atoms with Crippen LogP contribution in [-0.4, -0.2) is 34.4 Å². The minimum Gasteiger partial charge on any atom is -0.353 e. The van der Waals surface area contributed by atoms with Gasteiger partial charge < -0.3 is 10.2 Å². The summed E-state index contributed by atoms with van der Waals surface area (Å²) in [4.78, 5) is 19.1. The molecule has 0 spiro atoms. The molecule has 5 nitrogen and oxygen atoms in total. The molecule has 1 aliphatic heterocycles. The van der Waals surface area contributed by atoms with Crippen molar-refractivity contribution in [2.45, 2.75) is 45.6 Å². The van der Waals surface area contributed by atoms with Crippen LogP contribution >= 0.6 is 11.5 Å². The molecule has 1 amide bonds. The van der Waals surface area contributed by atoms with Crippen LogP contribution in [0.5, 0.6) is 0 Å². The number of carbonyl (C=O) groups is 1. The molecule has 1 aromatic heterocycles. The smallest absolute Gasteiger partial charge is 0.223 e. The molecule has 3 rings (SSSR count). The Kier molecular flexibility index (Phi) is 6.19. The highest BCUT2D eigenvalue weighted by Crippen LogP contribution is 2.25. The van der Waals surface area contributed by atoms with Gasteiger partial charge in [-0.2, -0.15) is 4.37 Å². The van der Waals surface area contributed by atoms with Crippen molar-refractivity contribution in [3.05, 3.63) is 41.5 Å². The zero-order valence-electron chi connectivity index (χ0n) is 15.2. The molecule has 1 saturated heterocycles. The molecule has 0 bridgehead atoms. The molecule has 0 radical (unpaired) electrons. The van der Waals surface area contributed by atoms with E-state index < -0.39 is 0 Å². The average Bonchev–Trinajstić information content (AvgIpc) is 3.12. The maximum absolute atomic E-state index is 13.0. The van der Waals surface area contributed by atoms with Crippen LogP contribution in [0.15, 0.2) is 24.3 Å². The third kappa shape index (κ3) is 4.78. The molecule has 140 valence electrons. The maximum Gasteiger partial charge on any atom is 0.223 e. The van der Waals surface area contributed by atoms with Crippen molar-refractivity contribution in [3.63, 3.8) is 0 Å². The summed E-state index contributed by atoms with van der Waals surface area (Å²) in [5.74, 6) is 0.786. The number of hydrogen-bond donors (Lipinski definition) is 1. The molecule has 26 heavy (non-hydrogen) atoms. The number of rotatable bonds is 6. The van der Waals surface area contributed by atoms with Crippen LogP contribution in [0.1, 0.15) is 44.5 Å². The first-order chi connectivity index (χ1) is 12.5. The predicted octanol–water partition coefficient (Wildman–Crippen LogP) is 3.40. The highest BCUT2D eigenvalue weighted by Gasteiger charge is 2.27. The summed E-state index contributed by atoms with van der Waals surface area (Å²) in [6.07, 6.45) is 3.24. The highest BCUT2D eigenvalue weighted by atomic mass is 32.1. The Balaban J connectivity index is 1.53. The summed E-state index contributed by atoms with van der Waals surface area (Å²) in [5, 5.41) is 3.99. The van der Waals surface area contributed by atoms with Crippen molar-refractivity contribution in [2.75, 3.05) is 18.0 Å². The van der Waals surface area contributed by atoms with Crippen molar-refractivity contribution in [3.8, 4) is 0 Å². The second-order valence-electron chi connectivity index (χ2n) is 6.88. The van der Waals surface area contributed by atoms with Crippen molar-refractivity contribution < 1.29 is 9.18 Å². The number of anilines is 1. The van der Waals surface area contributed by atoms with Crippen molar-refractivity contribution in [1.29, 1.82) is 0 Å². The van der Waals surface area contributed by atoms with E-state index in [-0.39, 0.29) is 23.7 Å². The standard InChI is InChI=1S/C19H25FN4OS/c1-3-13(2)21-18(25)15-8-10-24(11-9-15)19-22-17(23-26-19)12-14-4-6-16(20)7-5-14/h4-7,13,15H,3,8-12H2,1-2H3,(H,21,25). The van der Waals surface area contributed by atoms with E-state index in [4.69, 9.17) is 0 Å². The number of nitrogens with zero attached hydrogens (tertiary/aromatic N) is 3. The summed E-state index contributed by atoms with van der Waals surface area (Å²) >= 11 is 1.39. The lowest BCUT2D eigenvalue weighted by molar-refractivity contribution is -0.126. The quantitative estimate of drug-likeness (QED) is 0.839. The van der Waals surface area contributed by atoms with E-state index in [2.05, 4.69) is 26.5 Å². The van der Waals surface area contributed by atoms with Gasteiger partial charge in [0.1, 0.15) is 11.6 Å². The van der Waals surface area contributed by atoms with Gasteiger partial charge in [0.15, 0.2) is 0 Å². The third-order valence-corrected chi connectivity index (χ3v) is 5.68. The fourth-order valence-corrected chi connectivity index (χ4v) is 3.76. The number of carbonyl (C=O) groups excluding carboxylic acids is 1. The minimum atomic E-state index is -0.235. The highest BCUT2D eigenvalue weighted by molar-refractivity contribution is 7.09. The second kappa shape index (κ2) is 8.58. The molecule has 0 aliphatic carbocycles. The van der Waals surface area contributed by atoms with Crippen LogP contribution in [-0.2, 0) is 11.2 Å². The Hall–Kier alpha value is -2.02. The zero-order chi connectivity index (χ0) is 18.5. The molecule has 0 saturated carbocycles. The minimum absolute atomic E-state index is 0.0897. The van der Waals surface area contributed by atoms with E-state index in [1.165, 1.54) is 23.7 Å². The van der Waals surface area contributed by atoms with Crippen LogP contribution in [0.2, 0.25) is 0 Å². The van der Waals surface area contributed by atoms with Crippen molar-refractivity contribution in [1.82, 2.24) is 14.7 Å². The van der Waals surface area contributed by atoms with Gasteiger partial charge in [-0.05, 0) is 43.9 Å². The molecule has 7 heteroatoms. The zero-order valence-corrected chi connectivity index (χ0v) is 16.1. The van der Waals surface area contributed by atoms with Crippen molar-refractivity contribution >= 4 is 22.6 Å². The van der Waals surface area contributed by atoms with E-state index >= 15 is 0 Å². The average molecular weight is 377 g/mol. The molecule has 1 aromatic carbocycles. The normalized spacial score (nSPS) is 16.5. The summed E-state index contributed by atoms with van der Waals surface area (Å²) < 4.78 is 17.4. The molecular formula is C19H25FN4OS. The van der Waals surface area contributed by atoms with Crippen LogP contribution in [0.4, 0.5) is 9.52 Å². The summed E-state index contributed by atoms with van der Waals surface area (Å²) in [7, 11) is 0. The molecular weight excluding hydrogens is 351 g/mol. The number of piperidine rings is 1. The summed E-state index contributed by atoms with van der Waals surface area (Å²) in [6.45, 7) is 5.76. The topological polar surface area (TPSA) is 58.1 Å². The van der Waals surface area contributed by atoms with Gasteiger partial charge in [-0.3, -0.25) is 4.79 Å². The fraction of sp³-hybridized carbons (Fsp3) is 0.526. The number of benzene rings is 1. The van der Waals surface area contributed by atoms with E-state index in [0.717, 1.165) is 48.9 Å². The summed E-state index contributed by atoms with van der Waals surface area (Å²) in [5.41, 5.74) is 0.996. The van der Waals surface area contributed by atoms with Gasteiger partial charge in [0.05, 0.1) is 0 Å². The third-order valence-electron chi connectivity index (χ3n) is 4.87. The van der Waals surface area contributed by atoms with Crippen molar-refractivity contribution in [2.24, 2.45) is 5.92 Å². The Morgan fingerprint density at radius 2 is 2.04 bits per heavy atom. The lowest BCUT2D eigenvalue weighted by atomic mass is 9.96.